The van der Waals surface area contributed by atoms with Gasteiger partial charge in [0.15, 0.2) is 0 Å². The van der Waals surface area contributed by atoms with Crippen LogP contribution in [0.1, 0.15) is 10.4 Å². The van der Waals surface area contributed by atoms with Gasteiger partial charge in [-0.15, -0.1) is 0 Å². The van der Waals surface area contributed by atoms with Gasteiger partial charge in [-0.25, -0.2) is 9.37 Å². The minimum Gasteiger partial charge on any atom is -0.367 e. The standard InChI is InChI=1S/C16H19FN8O2/c1-19-15(27)11-6-23-12(7-22-11)20-2-3-21-16-24-10-5-8(17)4-9(14(18)26)13(10)25-16/h4-5,7,11H,2-3,6H2,1H3,(H2,18,26)(H,19,27)(H,20,23)(H2,21,24,25). The molecular formula is C16H19FN8O2. The van der Waals surface area contributed by atoms with Crippen molar-refractivity contribution in [3.8, 4) is 0 Å². The predicted molar refractivity (Wildman–Crippen MR) is 99.7 cm³/mol. The lowest BCUT2D eigenvalue weighted by molar-refractivity contribution is -0.121. The molecule has 27 heavy (non-hydrogen) atoms. The van der Waals surface area contributed by atoms with Crippen LogP contribution in [0, 0.1) is 5.82 Å². The molecule has 0 fully saturated rings. The second-order valence-electron chi connectivity index (χ2n) is 5.79. The molecular weight excluding hydrogens is 355 g/mol. The topological polar surface area (TPSA) is 150 Å². The summed E-state index contributed by atoms with van der Waals surface area (Å²) in [6, 6.07) is 1.81. The number of amides is 2. The first-order valence-corrected chi connectivity index (χ1v) is 8.24. The summed E-state index contributed by atoms with van der Waals surface area (Å²) >= 11 is 0. The summed E-state index contributed by atoms with van der Waals surface area (Å²) in [6.45, 7) is 1.26. The fourth-order valence-corrected chi connectivity index (χ4v) is 2.58. The zero-order valence-corrected chi connectivity index (χ0v) is 14.5. The van der Waals surface area contributed by atoms with Gasteiger partial charge in [0.25, 0.3) is 5.91 Å². The van der Waals surface area contributed by atoms with Crippen molar-refractivity contribution < 1.29 is 14.0 Å². The minimum absolute atomic E-state index is 0.0193. The summed E-state index contributed by atoms with van der Waals surface area (Å²) in [5, 5.41) is 8.63. The lowest BCUT2D eigenvalue weighted by Gasteiger charge is -2.14. The molecule has 1 aromatic carbocycles. The molecule has 2 aromatic rings. The number of rotatable bonds is 6. The number of H-pyrrole nitrogens is 1. The molecule has 0 saturated carbocycles. The van der Waals surface area contributed by atoms with Gasteiger partial charge in [0.05, 0.1) is 23.8 Å². The predicted octanol–water partition coefficient (Wildman–Crippen LogP) is -0.600. The molecule has 2 heterocycles. The molecule has 0 aliphatic carbocycles. The Morgan fingerprint density at radius 3 is 2.78 bits per heavy atom. The van der Waals surface area contributed by atoms with Gasteiger partial charge in [0, 0.05) is 20.1 Å². The maximum absolute atomic E-state index is 13.5. The number of aromatic amines is 1. The van der Waals surface area contributed by atoms with E-state index in [4.69, 9.17) is 5.73 Å². The Morgan fingerprint density at radius 2 is 2.11 bits per heavy atom. The number of anilines is 1. The third-order valence-electron chi connectivity index (χ3n) is 3.90. The van der Waals surface area contributed by atoms with E-state index in [2.05, 4.69) is 35.9 Å². The maximum Gasteiger partial charge on any atom is 0.251 e. The summed E-state index contributed by atoms with van der Waals surface area (Å²) in [5.74, 6) is -0.521. The number of carbonyl (C=O) groups is 2. The van der Waals surface area contributed by atoms with Crippen molar-refractivity contribution in [1.82, 2.24) is 20.6 Å². The van der Waals surface area contributed by atoms with Crippen LogP contribution in [0.5, 0.6) is 0 Å². The molecule has 0 saturated heterocycles. The van der Waals surface area contributed by atoms with Crippen LogP contribution in [0.2, 0.25) is 0 Å². The second-order valence-corrected chi connectivity index (χ2v) is 5.79. The molecule has 3 rings (SSSR count). The smallest absolute Gasteiger partial charge is 0.251 e. The molecule has 0 radical (unpaired) electrons. The van der Waals surface area contributed by atoms with Gasteiger partial charge in [0.2, 0.25) is 11.9 Å². The van der Waals surface area contributed by atoms with Crippen LogP contribution in [0.4, 0.5) is 10.3 Å². The molecule has 0 spiro atoms. The number of aromatic nitrogens is 2. The van der Waals surface area contributed by atoms with Crippen LogP contribution in [0.25, 0.3) is 11.0 Å². The third-order valence-corrected chi connectivity index (χ3v) is 3.90. The summed E-state index contributed by atoms with van der Waals surface area (Å²) in [6.07, 6.45) is 1.52. The third kappa shape index (κ3) is 4.19. The first-order valence-electron chi connectivity index (χ1n) is 8.24. The molecule has 142 valence electrons. The van der Waals surface area contributed by atoms with Gasteiger partial charge in [-0.1, -0.05) is 0 Å². The Balaban J connectivity index is 1.54. The van der Waals surface area contributed by atoms with Crippen LogP contribution in [0.3, 0.4) is 0 Å². The van der Waals surface area contributed by atoms with Gasteiger partial charge in [-0.2, -0.15) is 0 Å². The fourth-order valence-electron chi connectivity index (χ4n) is 2.58. The molecule has 1 unspecified atom stereocenters. The summed E-state index contributed by atoms with van der Waals surface area (Å²) in [7, 11) is 1.56. The zero-order chi connectivity index (χ0) is 19.4. The summed E-state index contributed by atoms with van der Waals surface area (Å²) in [4.78, 5) is 38.4. The molecule has 11 heteroatoms. The number of carbonyl (C=O) groups excluding carboxylic acids is 2. The highest BCUT2D eigenvalue weighted by atomic mass is 19.1. The number of aliphatic imine (C=N–C) groups is 2. The molecule has 1 atom stereocenters. The van der Waals surface area contributed by atoms with Gasteiger partial charge >= 0.3 is 0 Å². The lowest BCUT2D eigenvalue weighted by Crippen LogP contribution is -2.38. The van der Waals surface area contributed by atoms with Crippen LogP contribution in [0.15, 0.2) is 22.1 Å². The van der Waals surface area contributed by atoms with E-state index in [-0.39, 0.29) is 18.0 Å². The van der Waals surface area contributed by atoms with Crippen molar-refractivity contribution in [2.45, 2.75) is 6.04 Å². The number of benzene rings is 1. The van der Waals surface area contributed by atoms with E-state index >= 15 is 0 Å². The zero-order valence-electron chi connectivity index (χ0n) is 14.5. The van der Waals surface area contributed by atoms with E-state index in [1.807, 2.05) is 0 Å². The first-order chi connectivity index (χ1) is 13.0. The first kappa shape index (κ1) is 18.3. The maximum atomic E-state index is 13.5. The van der Waals surface area contributed by atoms with Gasteiger partial charge in [-0.05, 0) is 12.1 Å². The quantitative estimate of drug-likeness (QED) is 0.428. The Morgan fingerprint density at radius 1 is 1.33 bits per heavy atom. The van der Waals surface area contributed by atoms with E-state index in [1.165, 1.54) is 12.3 Å². The number of amidine groups is 1. The Hall–Kier alpha value is -3.50. The van der Waals surface area contributed by atoms with Crippen LogP contribution >= 0.6 is 0 Å². The van der Waals surface area contributed by atoms with Crippen molar-refractivity contribution >= 4 is 40.8 Å². The number of likely N-dealkylation sites (N-methyl/N-ethyl adjacent to an activating group) is 1. The van der Waals surface area contributed by atoms with Crippen LogP contribution < -0.4 is 21.7 Å². The van der Waals surface area contributed by atoms with Gasteiger partial charge < -0.3 is 26.7 Å². The highest BCUT2D eigenvalue weighted by molar-refractivity contribution is 6.30. The average molecular weight is 374 g/mol. The molecule has 0 bridgehead atoms. The van der Waals surface area contributed by atoms with Crippen molar-refractivity contribution in [3.63, 3.8) is 0 Å². The average Bonchev–Trinajstić information content (AvgIpc) is 3.06. The van der Waals surface area contributed by atoms with Crippen molar-refractivity contribution in [1.29, 1.82) is 0 Å². The number of imidazole rings is 1. The molecule has 6 N–H and O–H groups in total. The number of nitrogens with two attached hydrogens (primary N) is 1. The van der Waals surface area contributed by atoms with E-state index in [0.717, 1.165) is 6.07 Å². The number of hydrogen-bond acceptors (Lipinski definition) is 7. The van der Waals surface area contributed by atoms with Crippen molar-refractivity contribution in [3.05, 3.63) is 23.5 Å². The molecule has 1 aromatic heterocycles. The van der Waals surface area contributed by atoms with Gasteiger partial charge in [0.1, 0.15) is 23.2 Å². The van der Waals surface area contributed by atoms with Crippen molar-refractivity contribution in [2.75, 3.05) is 32.0 Å². The number of halogens is 1. The normalized spacial score (nSPS) is 16.1. The number of nitrogens with one attached hydrogen (secondary N) is 4. The van der Waals surface area contributed by atoms with Crippen LogP contribution in [-0.2, 0) is 4.79 Å². The summed E-state index contributed by atoms with van der Waals surface area (Å²) in [5.41, 5.74) is 5.97. The van der Waals surface area contributed by atoms with Crippen LogP contribution in [-0.4, -0.2) is 66.6 Å². The lowest BCUT2D eigenvalue weighted by atomic mass is 10.1. The van der Waals surface area contributed by atoms with E-state index in [0.29, 0.717) is 35.9 Å². The fraction of sp³-hybridized carbons (Fsp3) is 0.312. The Bertz CT molecular complexity index is 936. The van der Waals surface area contributed by atoms with Gasteiger partial charge in [-0.3, -0.25) is 19.6 Å². The molecule has 1 aliphatic rings. The van der Waals surface area contributed by atoms with E-state index in [9.17, 15) is 14.0 Å². The number of primary amides is 1. The van der Waals surface area contributed by atoms with E-state index < -0.39 is 17.8 Å². The second kappa shape index (κ2) is 7.81. The number of nitrogens with zero attached hydrogens (tertiary/aromatic N) is 3. The highest BCUT2D eigenvalue weighted by Crippen LogP contribution is 2.20. The number of hydrogen-bond donors (Lipinski definition) is 5. The van der Waals surface area contributed by atoms with E-state index in [1.54, 1.807) is 7.05 Å². The molecule has 1 aliphatic heterocycles. The van der Waals surface area contributed by atoms with Crippen molar-refractivity contribution in [2.24, 2.45) is 15.7 Å². The molecule has 10 nitrogen and oxygen atoms in total. The molecule has 2 amide bonds. The number of fused-ring (bicyclic) bond motifs is 1. The Labute approximate surface area is 153 Å². The monoisotopic (exact) mass is 374 g/mol. The largest absolute Gasteiger partial charge is 0.367 e. The SMILES string of the molecule is CNC(=O)C1CN=C(NCCNc2nc3c(C(N)=O)cc(F)cc3[nH]2)C=N1. The highest BCUT2D eigenvalue weighted by Gasteiger charge is 2.18. The minimum atomic E-state index is -0.746. The summed E-state index contributed by atoms with van der Waals surface area (Å²) < 4.78 is 13.5. The Kier molecular flexibility index (Phi) is 5.29.